The van der Waals surface area contributed by atoms with Gasteiger partial charge < -0.3 is 9.84 Å². The molecule has 1 aliphatic heterocycles. The van der Waals surface area contributed by atoms with E-state index < -0.39 is 44.2 Å². The Labute approximate surface area is 173 Å². The number of ether oxygens (including phenoxy) is 1. The maximum atomic E-state index is 15.1. The van der Waals surface area contributed by atoms with Gasteiger partial charge in [-0.2, -0.15) is 0 Å². The van der Waals surface area contributed by atoms with Gasteiger partial charge in [0.15, 0.2) is 21.4 Å². The number of aliphatic hydroxyl groups is 1. The smallest absolute Gasteiger partial charge is 0.188 e. The Bertz CT molecular complexity index is 1040. The first-order valence-corrected chi connectivity index (χ1v) is 11.4. The van der Waals surface area contributed by atoms with E-state index in [1.54, 1.807) is 0 Å². The summed E-state index contributed by atoms with van der Waals surface area (Å²) in [4.78, 5) is -0.0188. The molecule has 1 fully saturated rings. The second-order valence-corrected chi connectivity index (χ2v) is 10.3. The number of hydrogen-bond donors (Lipinski definition) is 1. The number of aliphatic hydroxyl groups excluding tert-OH is 1. The van der Waals surface area contributed by atoms with E-state index >= 15 is 4.39 Å². The first-order chi connectivity index (χ1) is 13.7. The van der Waals surface area contributed by atoms with Gasteiger partial charge in [-0.05, 0) is 55.2 Å². The average Bonchev–Trinajstić information content (AvgIpc) is 2.70. The van der Waals surface area contributed by atoms with Gasteiger partial charge in [-0.1, -0.05) is 24.9 Å². The third-order valence-electron chi connectivity index (χ3n) is 6.39. The highest BCUT2D eigenvalue weighted by atomic mass is 35.5. The van der Waals surface area contributed by atoms with Crippen LogP contribution in [0.3, 0.4) is 0 Å². The van der Waals surface area contributed by atoms with Crippen LogP contribution < -0.4 is 4.74 Å². The van der Waals surface area contributed by atoms with Crippen LogP contribution in [0.15, 0.2) is 41.3 Å². The van der Waals surface area contributed by atoms with Crippen LogP contribution in [0.25, 0.3) is 0 Å². The second kappa shape index (κ2) is 7.22. The number of halogens is 3. The molecule has 2 aliphatic rings. The molecular formula is C21H21ClF2O4S. The van der Waals surface area contributed by atoms with Gasteiger partial charge in [0, 0.05) is 10.9 Å². The van der Waals surface area contributed by atoms with Crippen molar-refractivity contribution in [2.45, 2.75) is 41.9 Å². The van der Waals surface area contributed by atoms with Crippen molar-refractivity contribution in [3.63, 3.8) is 0 Å². The van der Waals surface area contributed by atoms with Crippen molar-refractivity contribution in [2.75, 3.05) is 6.61 Å². The van der Waals surface area contributed by atoms with Crippen LogP contribution in [-0.4, -0.2) is 26.2 Å². The van der Waals surface area contributed by atoms with Gasteiger partial charge >= 0.3 is 0 Å². The minimum atomic E-state index is -4.18. The molecule has 0 radical (unpaired) electrons. The summed E-state index contributed by atoms with van der Waals surface area (Å²) in [5, 5.41) is 10.9. The summed E-state index contributed by atoms with van der Waals surface area (Å²) in [6.07, 6.45) is -0.117. The first-order valence-electron chi connectivity index (χ1n) is 9.53. The van der Waals surface area contributed by atoms with Crippen molar-refractivity contribution in [2.24, 2.45) is 11.8 Å². The zero-order chi connectivity index (χ0) is 21.0. The lowest BCUT2D eigenvalue weighted by molar-refractivity contribution is -0.0219. The molecule has 4 atom stereocenters. The second-order valence-electron chi connectivity index (χ2n) is 7.68. The highest BCUT2D eigenvalue weighted by Crippen LogP contribution is 2.58. The van der Waals surface area contributed by atoms with Crippen molar-refractivity contribution in [3.8, 4) is 5.75 Å². The van der Waals surface area contributed by atoms with Crippen LogP contribution in [0.4, 0.5) is 8.78 Å². The van der Waals surface area contributed by atoms with E-state index in [9.17, 15) is 17.9 Å². The molecule has 0 bridgehead atoms. The van der Waals surface area contributed by atoms with Crippen LogP contribution in [0.1, 0.15) is 31.7 Å². The van der Waals surface area contributed by atoms with Gasteiger partial charge in [0.1, 0.15) is 10.6 Å². The molecule has 0 spiro atoms. The monoisotopic (exact) mass is 442 g/mol. The Hall–Kier alpha value is -1.70. The molecule has 8 heteroatoms. The quantitative estimate of drug-likeness (QED) is 0.761. The summed E-state index contributed by atoms with van der Waals surface area (Å²) in [5.74, 6) is -3.13. The predicted octanol–water partition coefficient (Wildman–Crippen LogP) is 4.48. The summed E-state index contributed by atoms with van der Waals surface area (Å²) < 4.78 is 61.4. The maximum Gasteiger partial charge on any atom is 0.188 e. The molecule has 0 aromatic heterocycles. The number of hydrogen-bond acceptors (Lipinski definition) is 4. The molecule has 0 amide bonds. The molecule has 1 N–H and O–H groups in total. The lowest BCUT2D eigenvalue weighted by atomic mass is 9.65. The van der Waals surface area contributed by atoms with Gasteiger partial charge in [0.25, 0.3) is 0 Å². The van der Waals surface area contributed by atoms with Crippen molar-refractivity contribution in [1.29, 1.82) is 0 Å². The number of benzene rings is 2. The first kappa shape index (κ1) is 20.6. The largest absolute Gasteiger partial charge is 0.490 e. The SMILES string of the molecule is CC[C@H]1[C@H](O)CC[C@@]2(S(=O)(=O)c3ccc(Cl)cc3)c3c(F)ccc(F)c3OC[C@@H]12. The van der Waals surface area contributed by atoms with E-state index in [0.29, 0.717) is 11.4 Å². The van der Waals surface area contributed by atoms with E-state index in [1.807, 2.05) is 6.92 Å². The van der Waals surface area contributed by atoms with Gasteiger partial charge in [-0.25, -0.2) is 17.2 Å². The van der Waals surface area contributed by atoms with Gasteiger partial charge in [0.2, 0.25) is 0 Å². The minimum absolute atomic E-state index is 0.0188. The maximum absolute atomic E-state index is 15.1. The molecule has 1 saturated carbocycles. The van der Waals surface area contributed by atoms with E-state index in [4.69, 9.17) is 16.3 Å². The molecule has 2 aromatic carbocycles. The Morgan fingerprint density at radius 1 is 1.17 bits per heavy atom. The van der Waals surface area contributed by atoms with Gasteiger partial charge in [-0.15, -0.1) is 0 Å². The number of fused-ring (bicyclic) bond motifs is 3. The van der Waals surface area contributed by atoms with Crippen LogP contribution >= 0.6 is 11.6 Å². The fourth-order valence-electron chi connectivity index (χ4n) is 5.03. The van der Waals surface area contributed by atoms with Crippen molar-refractivity contribution < 1.29 is 27.0 Å². The molecule has 0 unspecified atom stereocenters. The normalized spacial score (nSPS) is 28.9. The topological polar surface area (TPSA) is 63.6 Å². The number of sulfone groups is 1. The summed E-state index contributed by atoms with van der Waals surface area (Å²) in [6, 6.07) is 7.54. The Balaban J connectivity index is 2.04. The number of rotatable bonds is 3. The third kappa shape index (κ3) is 2.89. The van der Waals surface area contributed by atoms with E-state index in [1.165, 1.54) is 24.3 Å². The van der Waals surface area contributed by atoms with E-state index in [0.717, 1.165) is 12.1 Å². The highest BCUT2D eigenvalue weighted by molar-refractivity contribution is 7.92. The Kier molecular flexibility index (Phi) is 5.12. The fourth-order valence-corrected chi connectivity index (χ4v) is 7.56. The average molecular weight is 443 g/mol. The minimum Gasteiger partial charge on any atom is -0.490 e. The van der Waals surface area contributed by atoms with E-state index in [2.05, 4.69) is 0 Å². The molecule has 0 saturated heterocycles. The lowest BCUT2D eigenvalue weighted by Crippen LogP contribution is -2.57. The summed E-state index contributed by atoms with van der Waals surface area (Å²) >= 11 is 5.92. The standard InChI is InChI=1S/C21H21ClF2O4S/c1-2-14-15-11-28-20-17(24)8-7-16(23)19(20)21(15,10-9-18(14)25)29(26,27)13-5-3-12(22)4-6-13/h3-8,14-15,18,25H,2,9-11H2,1H3/t14-,15+,18-,21+/m1/s1. The molecule has 156 valence electrons. The van der Waals surface area contributed by atoms with Crippen LogP contribution in [-0.2, 0) is 14.6 Å². The Morgan fingerprint density at radius 2 is 1.83 bits per heavy atom. The van der Waals surface area contributed by atoms with E-state index in [-0.39, 0.29) is 35.7 Å². The van der Waals surface area contributed by atoms with Crippen LogP contribution in [0.5, 0.6) is 5.75 Å². The summed E-state index contributed by atoms with van der Waals surface area (Å²) in [5.41, 5.74) is -0.269. The summed E-state index contributed by atoms with van der Waals surface area (Å²) in [7, 11) is -4.18. The molecule has 2 aromatic rings. The zero-order valence-electron chi connectivity index (χ0n) is 15.7. The molecule has 1 aliphatic carbocycles. The van der Waals surface area contributed by atoms with Gasteiger partial charge in [-0.3, -0.25) is 0 Å². The molecular weight excluding hydrogens is 422 g/mol. The van der Waals surface area contributed by atoms with Crippen molar-refractivity contribution >= 4 is 21.4 Å². The predicted molar refractivity (Wildman–Crippen MR) is 105 cm³/mol. The van der Waals surface area contributed by atoms with Crippen molar-refractivity contribution in [3.05, 3.63) is 58.6 Å². The highest BCUT2D eigenvalue weighted by Gasteiger charge is 2.62. The lowest BCUT2D eigenvalue weighted by Gasteiger charge is -2.51. The summed E-state index contributed by atoms with van der Waals surface area (Å²) in [6.45, 7) is 1.73. The molecule has 29 heavy (non-hydrogen) atoms. The molecule has 1 heterocycles. The Morgan fingerprint density at radius 3 is 2.48 bits per heavy atom. The zero-order valence-corrected chi connectivity index (χ0v) is 17.3. The molecule has 4 rings (SSSR count). The van der Waals surface area contributed by atoms with Gasteiger partial charge in [0.05, 0.1) is 23.2 Å². The fraction of sp³-hybridized carbons (Fsp3) is 0.429. The van der Waals surface area contributed by atoms with Crippen molar-refractivity contribution in [1.82, 2.24) is 0 Å². The third-order valence-corrected chi connectivity index (χ3v) is 9.20. The van der Waals surface area contributed by atoms with Crippen LogP contribution in [0, 0.1) is 23.5 Å². The van der Waals surface area contributed by atoms with Crippen LogP contribution in [0.2, 0.25) is 5.02 Å². The molecule has 4 nitrogen and oxygen atoms in total.